The van der Waals surface area contributed by atoms with Crippen LogP contribution in [0.4, 0.5) is 5.69 Å². The second-order valence-corrected chi connectivity index (χ2v) is 12.5. The topological polar surface area (TPSA) is 142 Å². The van der Waals surface area contributed by atoms with E-state index < -0.39 is 16.0 Å². The minimum Gasteiger partial charge on any atom is -0.478 e. The van der Waals surface area contributed by atoms with Crippen LogP contribution in [-0.4, -0.2) is 45.1 Å². The summed E-state index contributed by atoms with van der Waals surface area (Å²) in [6, 6.07) is 27.6. The Labute approximate surface area is 251 Å². The van der Waals surface area contributed by atoms with E-state index in [-0.39, 0.29) is 22.7 Å². The van der Waals surface area contributed by atoms with Gasteiger partial charge in [0.2, 0.25) is 5.82 Å². The lowest BCUT2D eigenvalue weighted by molar-refractivity contribution is 0.0697. The van der Waals surface area contributed by atoms with E-state index in [4.69, 9.17) is 0 Å². The zero-order valence-corrected chi connectivity index (χ0v) is 24.4. The van der Waals surface area contributed by atoms with Crippen LogP contribution in [0.25, 0.3) is 33.8 Å². The Hall–Kier alpha value is -5.20. The molecular weight excluding hydrogens is 585 g/mol. The van der Waals surface area contributed by atoms with E-state index in [1.807, 2.05) is 60.8 Å². The molecule has 0 amide bonds. The van der Waals surface area contributed by atoms with Gasteiger partial charge < -0.3 is 5.11 Å². The van der Waals surface area contributed by atoms with Crippen molar-refractivity contribution in [1.82, 2.24) is 25.6 Å². The summed E-state index contributed by atoms with van der Waals surface area (Å²) in [4.78, 5) is 16.3. The number of thiazole rings is 1. The van der Waals surface area contributed by atoms with Gasteiger partial charge in [0, 0.05) is 16.5 Å². The average Bonchev–Trinajstić information content (AvgIpc) is 3.73. The highest BCUT2D eigenvalue weighted by Crippen LogP contribution is 2.32. The van der Waals surface area contributed by atoms with Gasteiger partial charge in [0.05, 0.1) is 33.4 Å². The van der Waals surface area contributed by atoms with Gasteiger partial charge in [-0.15, -0.1) is 21.5 Å². The number of nitrogens with zero attached hydrogens (tertiary/aromatic N) is 5. The summed E-state index contributed by atoms with van der Waals surface area (Å²) >= 11 is 1.52. The monoisotopic (exact) mass is 608 g/mol. The van der Waals surface area contributed by atoms with Crippen molar-refractivity contribution in [2.75, 3.05) is 4.31 Å². The van der Waals surface area contributed by atoms with Crippen molar-refractivity contribution in [2.24, 2.45) is 0 Å². The second kappa shape index (κ2) is 11.6. The molecule has 0 saturated heterocycles. The highest BCUT2D eigenvalue weighted by molar-refractivity contribution is 7.92. The summed E-state index contributed by atoms with van der Waals surface area (Å²) in [6.45, 7) is 1.89. The number of sulfonamides is 1. The largest absolute Gasteiger partial charge is 0.478 e. The molecule has 6 aromatic rings. The Morgan fingerprint density at radius 3 is 2.28 bits per heavy atom. The number of rotatable bonds is 9. The maximum Gasteiger partial charge on any atom is 0.335 e. The Morgan fingerprint density at radius 1 is 0.907 bits per heavy atom. The summed E-state index contributed by atoms with van der Waals surface area (Å²) in [5.41, 5.74) is 5.10. The van der Waals surface area contributed by atoms with Crippen molar-refractivity contribution in [1.29, 1.82) is 0 Å². The molecule has 0 unspecified atom stereocenters. The zero-order valence-electron chi connectivity index (χ0n) is 22.7. The predicted octanol–water partition coefficient (Wildman–Crippen LogP) is 6.06. The SMILES string of the molecule is Cc1nc(-c2ccc(S(=O)(=O)N(Cc3ccc(-c4ccccc4-c4nn[nH]n4)cc3)c3cccc(C(=O)O)c3)cc2)cs1. The van der Waals surface area contributed by atoms with Gasteiger partial charge in [0.1, 0.15) is 0 Å². The van der Waals surface area contributed by atoms with Crippen molar-refractivity contribution < 1.29 is 18.3 Å². The number of H-pyrrole nitrogens is 1. The summed E-state index contributed by atoms with van der Waals surface area (Å²) in [6.07, 6.45) is 0. The van der Waals surface area contributed by atoms with Crippen LogP contribution in [0.15, 0.2) is 107 Å². The minimum absolute atomic E-state index is 0.0135. The molecule has 2 N–H and O–H groups in total. The minimum atomic E-state index is -4.09. The highest BCUT2D eigenvalue weighted by atomic mass is 32.2. The van der Waals surface area contributed by atoms with Crippen LogP contribution in [0.1, 0.15) is 20.9 Å². The number of aromatic carboxylic acids is 1. The number of hydrogen-bond acceptors (Lipinski definition) is 8. The van der Waals surface area contributed by atoms with Gasteiger partial charge in [-0.2, -0.15) is 5.21 Å². The maximum absolute atomic E-state index is 14.1. The molecule has 0 aliphatic carbocycles. The third kappa shape index (κ3) is 5.78. The Balaban J connectivity index is 1.35. The Bertz CT molecular complexity index is 2010. The number of carbonyl (C=O) groups is 1. The number of aromatic nitrogens is 5. The molecule has 2 aromatic heterocycles. The molecule has 0 radical (unpaired) electrons. The van der Waals surface area contributed by atoms with Crippen molar-refractivity contribution in [3.8, 4) is 33.8 Å². The molecular formula is C31H24N6O4S2. The Morgan fingerprint density at radius 2 is 1.63 bits per heavy atom. The molecule has 0 atom stereocenters. The van der Waals surface area contributed by atoms with Crippen LogP contribution in [-0.2, 0) is 16.6 Å². The van der Waals surface area contributed by atoms with E-state index in [1.165, 1.54) is 33.8 Å². The van der Waals surface area contributed by atoms with Crippen LogP contribution >= 0.6 is 11.3 Å². The summed E-state index contributed by atoms with van der Waals surface area (Å²) in [5.74, 6) is -0.682. The van der Waals surface area contributed by atoms with Gasteiger partial charge >= 0.3 is 5.97 Å². The fourth-order valence-corrected chi connectivity index (χ4v) is 6.76. The number of carboxylic acid groups (broad SMARTS) is 1. The molecule has 2 heterocycles. The second-order valence-electron chi connectivity index (χ2n) is 9.62. The molecule has 0 aliphatic heterocycles. The van der Waals surface area contributed by atoms with Crippen LogP contribution in [0.3, 0.4) is 0 Å². The number of aromatic amines is 1. The number of aryl methyl sites for hydroxylation is 1. The summed E-state index contributed by atoms with van der Waals surface area (Å²) < 4.78 is 29.4. The average molecular weight is 609 g/mol. The van der Waals surface area contributed by atoms with Crippen LogP contribution in [0, 0.1) is 6.92 Å². The van der Waals surface area contributed by atoms with E-state index in [0.717, 1.165) is 33.0 Å². The van der Waals surface area contributed by atoms with Crippen LogP contribution < -0.4 is 4.31 Å². The van der Waals surface area contributed by atoms with Gasteiger partial charge in [-0.3, -0.25) is 4.31 Å². The predicted molar refractivity (Wildman–Crippen MR) is 164 cm³/mol. The third-order valence-corrected chi connectivity index (χ3v) is 9.40. The first-order valence-corrected chi connectivity index (χ1v) is 15.4. The number of hydrogen-bond donors (Lipinski definition) is 2. The molecule has 10 nitrogen and oxygen atoms in total. The van der Waals surface area contributed by atoms with Gasteiger partial charge in [0.25, 0.3) is 10.0 Å². The first-order chi connectivity index (χ1) is 20.8. The fourth-order valence-electron chi connectivity index (χ4n) is 4.69. The number of nitrogens with one attached hydrogen (secondary N) is 1. The van der Waals surface area contributed by atoms with Crippen molar-refractivity contribution in [2.45, 2.75) is 18.4 Å². The van der Waals surface area contributed by atoms with Gasteiger partial charge in [-0.1, -0.05) is 66.7 Å². The highest BCUT2D eigenvalue weighted by Gasteiger charge is 2.26. The number of anilines is 1. The van der Waals surface area contributed by atoms with Gasteiger partial charge in [-0.05, 0) is 59.2 Å². The molecule has 214 valence electrons. The lowest BCUT2D eigenvalue weighted by Crippen LogP contribution is -2.30. The smallest absolute Gasteiger partial charge is 0.335 e. The normalized spacial score (nSPS) is 11.4. The van der Waals surface area contributed by atoms with E-state index in [2.05, 4.69) is 25.6 Å². The van der Waals surface area contributed by atoms with Crippen molar-refractivity contribution in [3.05, 3.63) is 119 Å². The summed E-state index contributed by atoms with van der Waals surface area (Å²) in [5, 5.41) is 26.7. The molecule has 0 spiro atoms. The molecule has 0 aliphatic rings. The van der Waals surface area contributed by atoms with Gasteiger partial charge in [-0.25, -0.2) is 18.2 Å². The maximum atomic E-state index is 14.1. The molecule has 6 rings (SSSR count). The van der Waals surface area contributed by atoms with Gasteiger partial charge in [0.15, 0.2) is 0 Å². The quantitative estimate of drug-likeness (QED) is 0.202. The number of tetrazole rings is 1. The molecule has 0 bridgehead atoms. The standard InChI is InChI=1S/C31H24N6O4S2/c1-20-32-29(19-42-20)23-13-15-26(16-14-23)43(40,41)37(25-6-4-5-24(17-25)31(38)39)18-21-9-11-22(12-10-21)27-7-2-3-8-28(27)30-33-35-36-34-30/h2-17,19H,18H2,1H3,(H,38,39)(H,33,34,35,36). The van der Waals surface area contributed by atoms with E-state index in [1.54, 1.807) is 30.3 Å². The zero-order chi connectivity index (χ0) is 30.0. The lowest BCUT2D eigenvalue weighted by Gasteiger charge is -2.25. The fraction of sp³-hybridized carbons (Fsp3) is 0.0645. The van der Waals surface area contributed by atoms with Crippen LogP contribution in [0.5, 0.6) is 0 Å². The molecule has 0 fully saturated rings. The summed E-state index contributed by atoms with van der Waals surface area (Å²) in [7, 11) is -4.09. The van der Waals surface area contributed by atoms with Crippen molar-refractivity contribution >= 4 is 33.0 Å². The van der Waals surface area contributed by atoms with E-state index in [0.29, 0.717) is 11.4 Å². The first-order valence-electron chi connectivity index (χ1n) is 13.1. The third-order valence-electron chi connectivity index (χ3n) is 6.84. The number of benzene rings is 4. The molecule has 12 heteroatoms. The van der Waals surface area contributed by atoms with E-state index in [9.17, 15) is 18.3 Å². The lowest BCUT2D eigenvalue weighted by atomic mass is 9.98. The molecule has 0 saturated carbocycles. The van der Waals surface area contributed by atoms with Crippen molar-refractivity contribution in [3.63, 3.8) is 0 Å². The van der Waals surface area contributed by atoms with E-state index >= 15 is 0 Å². The van der Waals surface area contributed by atoms with Crippen LogP contribution in [0.2, 0.25) is 0 Å². The molecule has 4 aromatic carbocycles. The number of carboxylic acids is 1. The first kappa shape index (κ1) is 27.9. The molecule has 43 heavy (non-hydrogen) atoms. The Kier molecular flexibility index (Phi) is 7.53.